The lowest BCUT2D eigenvalue weighted by Gasteiger charge is -2.33. The van der Waals surface area contributed by atoms with Crippen LogP contribution >= 0.6 is 11.6 Å². The Hall–Kier alpha value is -2.58. The van der Waals surface area contributed by atoms with E-state index in [1.54, 1.807) is 31.2 Å². The zero-order chi connectivity index (χ0) is 23.9. The minimum atomic E-state index is -3.81. The molecule has 0 fully saturated rings. The molecule has 2 amide bonds. The van der Waals surface area contributed by atoms with Gasteiger partial charge >= 0.3 is 0 Å². The van der Waals surface area contributed by atoms with E-state index in [1.165, 1.54) is 4.90 Å². The maximum absolute atomic E-state index is 13.5. The van der Waals surface area contributed by atoms with Gasteiger partial charge in [-0.2, -0.15) is 0 Å². The third-order valence-corrected chi connectivity index (χ3v) is 6.46. The lowest BCUT2D eigenvalue weighted by atomic mass is 10.1. The van der Waals surface area contributed by atoms with E-state index >= 15 is 0 Å². The molecule has 0 aromatic heterocycles. The molecule has 9 heteroatoms. The van der Waals surface area contributed by atoms with E-state index in [0.29, 0.717) is 13.0 Å². The number of likely N-dealkylation sites (N-methyl/N-ethyl adjacent to an activating group) is 1. The van der Waals surface area contributed by atoms with Gasteiger partial charge in [-0.15, -0.1) is 0 Å². The molecule has 1 atom stereocenters. The summed E-state index contributed by atoms with van der Waals surface area (Å²) in [6.07, 6.45) is 1.41. The van der Waals surface area contributed by atoms with Crippen LogP contribution < -0.4 is 9.62 Å². The first kappa shape index (κ1) is 25.7. The molecule has 32 heavy (non-hydrogen) atoms. The highest BCUT2D eigenvalue weighted by Crippen LogP contribution is 2.27. The Morgan fingerprint density at radius 2 is 1.69 bits per heavy atom. The molecule has 0 bridgehead atoms. The van der Waals surface area contributed by atoms with Gasteiger partial charge in [0.25, 0.3) is 0 Å². The zero-order valence-corrected chi connectivity index (χ0v) is 20.4. The van der Waals surface area contributed by atoms with Gasteiger partial charge in [0.05, 0.1) is 17.0 Å². The van der Waals surface area contributed by atoms with Crippen molar-refractivity contribution in [3.63, 3.8) is 0 Å². The Balaban J connectivity index is 2.43. The number of carbonyl (C=O) groups is 2. The number of nitrogens with zero attached hydrogens (tertiary/aromatic N) is 2. The van der Waals surface area contributed by atoms with Crippen molar-refractivity contribution < 1.29 is 18.0 Å². The number of carbonyl (C=O) groups excluding carboxylic acids is 2. The fourth-order valence-electron chi connectivity index (χ4n) is 3.35. The largest absolute Gasteiger partial charge is 0.355 e. The molecule has 0 saturated heterocycles. The minimum absolute atomic E-state index is 0.175. The van der Waals surface area contributed by atoms with Crippen LogP contribution in [-0.2, 0) is 26.2 Å². The second-order valence-corrected chi connectivity index (χ2v) is 9.86. The van der Waals surface area contributed by atoms with Crippen molar-refractivity contribution in [2.75, 3.05) is 23.7 Å². The number of hydrogen-bond donors (Lipinski definition) is 1. The van der Waals surface area contributed by atoms with Gasteiger partial charge in [-0.05, 0) is 38.0 Å². The van der Waals surface area contributed by atoms with Crippen LogP contribution in [0.3, 0.4) is 0 Å². The van der Waals surface area contributed by atoms with E-state index in [-0.39, 0.29) is 23.2 Å². The van der Waals surface area contributed by atoms with Crippen LogP contribution in [0, 0.1) is 6.92 Å². The highest BCUT2D eigenvalue weighted by molar-refractivity contribution is 7.92. The maximum Gasteiger partial charge on any atom is 0.244 e. The van der Waals surface area contributed by atoms with Gasteiger partial charge in [-0.3, -0.25) is 13.9 Å². The lowest BCUT2D eigenvalue weighted by Crippen LogP contribution is -2.52. The Morgan fingerprint density at radius 1 is 1.06 bits per heavy atom. The topological polar surface area (TPSA) is 86.8 Å². The molecule has 2 rings (SSSR count). The Labute approximate surface area is 195 Å². The molecule has 2 aromatic carbocycles. The van der Waals surface area contributed by atoms with Crippen molar-refractivity contribution in [2.45, 2.75) is 39.8 Å². The summed E-state index contributed by atoms with van der Waals surface area (Å²) in [5.74, 6) is -0.770. The van der Waals surface area contributed by atoms with E-state index in [9.17, 15) is 18.0 Å². The van der Waals surface area contributed by atoms with Gasteiger partial charge in [0.15, 0.2) is 0 Å². The van der Waals surface area contributed by atoms with Crippen molar-refractivity contribution in [1.29, 1.82) is 0 Å². The van der Waals surface area contributed by atoms with Gasteiger partial charge in [0.1, 0.15) is 12.6 Å². The first-order valence-corrected chi connectivity index (χ1v) is 12.7. The third kappa shape index (κ3) is 6.71. The van der Waals surface area contributed by atoms with Crippen molar-refractivity contribution in [1.82, 2.24) is 10.2 Å². The summed E-state index contributed by atoms with van der Waals surface area (Å²) in [6.45, 7) is 5.72. The van der Waals surface area contributed by atoms with E-state index in [2.05, 4.69) is 5.32 Å². The number of sulfonamides is 1. The van der Waals surface area contributed by atoms with E-state index in [4.69, 9.17) is 11.6 Å². The third-order valence-electron chi connectivity index (χ3n) is 5.01. The molecular formula is C23H30ClN3O4S. The molecule has 7 nitrogen and oxygen atoms in total. The minimum Gasteiger partial charge on any atom is -0.355 e. The monoisotopic (exact) mass is 479 g/mol. The molecule has 0 unspecified atom stereocenters. The van der Waals surface area contributed by atoms with E-state index in [1.807, 2.05) is 38.1 Å². The van der Waals surface area contributed by atoms with Crippen LogP contribution in [0.25, 0.3) is 0 Å². The summed E-state index contributed by atoms with van der Waals surface area (Å²) in [7, 11) is -3.81. The van der Waals surface area contributed by atoms with Crippen LogP contribution in [-0.4, -0.2) is 50.5 Å². The number of anilines is 1. The number of benzene rings is 2. The molecule has 0 aliphatic carbocycles. The van der Waals surface area contributed by atoms with Gasteiger partial charge in [-0.1, -0.05) is 60.5 Å². The van der Waals surface area contributed by atoms with Crippen LogP contribution in [0.4, 0.5) is 5.69 Å². The van der Waals surface area contributed by atoms with Crippen LogP contribution in [0.5, 0.6) is 0 Å². The van der Waals surface area contributed by atoms with Crippen molar-refractivity contribution in [3.05, 3.63) is 64.7 Å². The predicted molar refractivity (Wildman–Crippen MR) is 128 cm³/mol. The van der Waals surface area contributed by atoms with E-state index < -0.39 is 28.5 Å². The summed E-state index contributed by atoms with van der Waals surface area (Å²) in [5, 5.41) is 2.98. The molecule has 0 radical (unpaired) electrons. The number of halogens is 1. The summed E-state index contributed by atoms with van der Waals surface area (Å²) in [4.78, 5) is 27.6. The van der Waals surface area contributed by atoms with Gasteiger partial charge in [-0.25, -0.2) is 8.42 Å². The molecular weight excluding hydrogens is 450 g/mol. The molecule has 0 aliphatic heterocycles. The normalized spacial score (nSPS) is 12.2. The molecule has 174 valence electrons. The van der Waals surface area contributed by atoms with Gasteiger partial charge in [0, 0.05) is 13.1 Å². The Morgan fingerprint density at radius 3 is 2.22 bits per heavy atom. The predicted octanol–water partition coefficient (Wildman–Crippen LogP) is 3.36. The summed E-state index contributed by atoms with van der Waals surface area (Å²) in [6, 6.07) is 13.3. The fraction of sp³-hybridized carbons (Fsp3) is 0.391. The molecule has 0 saturated carbocycles. The lowest BCUT2D eigenvalue weighted by molar-refractivity contribution is -0.140. The molecule has 0 aliphatic rings. The first-order valence-electron chi connectivity index (χ1n) is 10.4. The van der Waals surface area contributed by atoms with Crippen LogP contribution in [0.15, 0.2) is 48.5 Å². The van der Waals surface area contributed by atoms with Gasteiger partial charge in [0.2, 0.25) is 21.8 Å². The Bertz CT molecular complexity index is 1040. The number of hydrogen-bond acceptors (Lipinski definition) is 4. The van der Waals surface area contributed by atoms with Crippen molar-refractivity contribution >= 4 is 39.1 Å². The summed E-state index contributed by atoms with van der Waals surface area (Å²) in [5.41, 5.74) is 2.13. The molecule has 0 spiro atoms. The van der Waals surface area contributed by atoms with E-state index in [0.717, 1.165) is 21.7 Å². The molecule has 1 N–H and O–H groups in total. The molecule has 0 heterocycles. The Kier molecular flexibility index (Phi) is 9.09. The highest BCUT2D eigenvalue weighted by Gasteiger charge is 2.32. The quantitative estimate of drug-likeness (QED) is 0.566. The molecule has 2 aromatic rings. The van der Waals surface area contributed by atoms with Gasteiger partial charge < -0.3 is 10.2 Å². The highest BCUT2D eigenvalue weighted by atomic mass is 35.5. The average molecular weight is 480 g/mol. The van der Waals surface area contributed by atoms with Crippen LogP contribution in [0.1, 0.15) is 31.4 Å². The standard InChI is InChI=1S/C23H30ClN3O4S/c1-5-20(23(29)25-6-2)26(15-18-13-11-17(3)12-14-18)22(28)16-27(32(4,30)31)21-10-8-7-9-19(21)24/h7-14,20H,5-6,15-16H2,1-4H3,(H,25,29)/t20-/m1/s1. The number of para-hydroxylation sites is 1. The smallest absolute Gasteiger partial charge is 0.244 e. The number of rotatable bonds is 10. The number of amides is 2. The summed E-state index contributed by atoms with van der Waals surface area (Å²) < 4.78 is 26.0. The zero-order valence-electron chi connectivity index (χ0n) is 18.8. The van der Waals surface area contributed by atoms with Crippen molar-refractivity contribution in [2.24, 2.45) is 0 Å². The average Bonchev–Trinajstić information content (AvgIpc) is 2.73. The second kappa shape index (κ2) is 11.3. The summed E-state index contributed by atoms with van der Waals surface area (Å²) >= 11 is 6.22. The van der Waals surface area contributed by atoms with Crippen LogP contribution in [0.2, 0.25) is 5.02 Å². The van der Waals surface area contributed by atoms with Crippen molar-refractivity contribution in [3.8, 4) is 0 Å². The second-order valence-electron chi connectivity index (χ2n) is 7.55. The number of aryl methyl sites for hydroxylation is 1. The number of nitrogens with one attached hydrogen (secondary N) is 1. The SMILES string of the molecule is CCNC(=O)[C@@H](CC)N(Cc1ccc(C)cc1)C(=O)CN(c1ccccc1Cl)S(C)(=O)=O. The first-order chi connectivity index (χ1) is 15.1. The fourth-order valence-corrected chi connectivity index (χ4v) is 4.50. The maximum atomic E-state index is 13.5.